The highest BCUT2D eigenvalue weighted by Gasteiger charge is 2.33. The van der Waals surface area contributed by atoms with Gasteiger partial charge in [-0.1, -0.05) is 37.1 Å². The van der Waals surface area contributed by atoms with Crippen LogP contribution in [0.4, 0.5) is 0 Å². The van der Waals surface area contributed by atoms with Crippen molar-refractivity contribution in [3.63, 3.8) is 0 Å². The predicted octanol–water partition coefficient (Wildman–Crippen LogP) is 3.66. The molecule has 2 N–H and O–H groups in total. The number of piperidine rings is 1. The lowest BCUT2D eigenvalue weighted by molar-refractivity contribution is 0.0757. The number of likely N-dealkylation sites (tertiary alicyclic amines) is 1. The van der Waals surface area contributed by atoms with Crippen LogP contribution in [0.2, 0.25) is 0 Å². The zero-order chi connectivity index (χ0) is 13.9. The maximum absolute atomic E-state index is 6.28. The van der Waals surface area contributed by atoms with Gasteiger partial charge in [-0.25, -0.2) is 0 Å². The van der Waals surface area contributed by atoms with Crippen molar-refractivity contribution in [3.8, 4) is 0 Å². The summed E-state index contributed by atoms with van der Waals surface area (Å²) in [7, 11) is 0. The SMILES string of the molecule is CC(N)C1CCCCN1C1CCCCc2ccccc21. The monoisotopic (exact) mass is 272 g/mol. The van der Waals surface area contributed by atoms with E-state index in [1.807, 2.05) is 0 Å². The van der Waals surface area contributed by atoms with Crippen molar-refractivity contribution in [3.05, 3.63) is 35.4 Å². The third kappa shape index (κ3) is 2.77. The van der Waals surface area contributed by atoms with Crippen molar-refractivity contribution in [2.45, 2.75) is 70.0 Å². The number of aryl methyl sites for hydroxylation is 1. The number of benzene rings is 1. The summed E-state index contributed by atoms with van der Waals surface area (Å²) < 4.78 is 0. The van der Waals surface area contributed by atoms with Crippen LogP contribution in [0.15, 0.2) is 24.3 Å². The minimum absolute atomic E-state index is 0.283. The molecule has 0 amide bonds. The fraction of sp³-hybridized carbons (Fsp3) is 0.667. The molecule has 3 rings (SSSR count). The second-order valence-corrected chi connectivity index (χ2v) is 6.62. The normalized spacial score (nSPS) is 29.5. The fourth-order valence-electron chi connectivity index (χ4n) is 4.17. The van der Waals surface area contributed by atoms with E-state index in [-0.39, 0.29) is 6.04 Å². The molecule has 110 valence electrons. The summed E-state index contributed by atoms with van der Waals surface area (Å²) in [5.41, 5.74) is 9.44. The molecule has 1 aromatic carbocycles. The quantitative estimate of drug-likeness (QED) is 0.833. The summed E-state index contributed by atoms with van der Waals surface area (Å²) >= 11 is 0. The minimum atomic E-state index is 0.283. The Hall–Kier alpha value is -0.860. The van der Waals surface area contributed by atoms with E-state index in [9.17, 15) is 0 Å². The molecule has 1 heterocycles. The largest absolute Gasteiger partial charge is 0.327 e. The molecular formula is C18H28N2. The highest BCUT2D eigenvalue weighted by molar-refractivity contribution is 5.31. The summed E-state index contributed by atoms with van der Waals surface area (Å²) in [5, 5.41) is 0. The Bertz CT molecular complexity index is 441. The predicted molar refractivity (Wildman–Crippen MR) is 84.7 cm³/mol. The van der Waals surface area contributed by atoms with Gasteiger partial charge in [-0.05, 0) is 56.7 Å². The van der Waals surface area contributed by atoms with Gasteiger partial charge in [0.2, 0.25) is 0 Å². The first-order chi connectivity index (χ1) is 9.77. The summed E-state index contributed by atoms with van der Waals surface area (Å²) in [6.45, 7) is 3.41. The Morgan fingerprint density at radius 1 is 1.10 bits per heavy atom. The Morgan fingerprint density at radius 3 is 2.75 bits per heavy atom. The summed E-state index contributed by atoms with van der Waals surface area (Å²) in [6.07, 6.45) is 9.20. The summed E-state index contributed by atoms with van der Waals surface area (Å²) in [4.78, 5) is 2.73. The van der Waals surface area contributed by atoms with Crippen molar-refractivity contribution in [1.29, 1.82) is 0 Å². The Balaban J connectivity index is 1.91. The molecule has 2 nitrogen and oxygen atoms in total. The standard InChI is InChI=1S/C18H28N2/c1-14(19)17-11-6-7-13-20(17)18-12-5-3-9-15-8-2-4-10-16(15)18/h2,4,8,10,14,17-18H,3,5-7,9,11-13,19H2,1H3. The van der Waals surface area contributed by atoms with Gasteiger partial charge in [0.15, 0.2) is 0 Å². The van der Waals surface area contributed by atoms with Gasteiger partial charge in [-0.2, -0.15) is 0 Å². The smallest absolute Gasteiger partial charge is 0.0354 e. The molecule has 0 radical (unpaired) electrons. The number of nitrogens with two attached hydrogens (primary N) is 1. The molecule has 1 saturated heterocycles. The second-order valence-electron chi connectivity index (χ2n) is 6.62. The lowest BCUT2D eigenvalue weighted by Crippen LogP contribution is -2.50. The minimum Gasteiger partial charge on any atom is -0.327 e. The van der Waals surface area contributed by atoms with E-state index in [1.165, 1.54) is 51.5 Å². The third-order valence-corrected chi connectivity index (χ3v) is 5.19. The highest BCUT2D eigenvalue weighted by Crippen LogP contribution is 2.37. The molecule has 0 aromatic heterocycles. The molecule has 1 aromatic rings. The van der Waals surface area contributed by atoms with E-state index in [1.54, 1.807) is 11.1 Å². The van der Waals surface area contributed by atoms with Crippen molar-refractivity contribution in [1.82, 2.24) is 4.90 Å². The van der Waals surface area contributed by atoms with E-state index in [0.717, 1.165) is 0 Å². The number of fused-ring (bicyclic) bond motifs is 1. The second kappa shape index (κ2) is 6.28. The molecule has 1 aliphatic heterocycles. The first-order valence-electron chi connectivity index (χ1n) is 8.36. The van der Waals surface area contributed by atoms with Crippen molar-refractivity contribution >= 4 is 0 Å². The lowest BCUT2D eigenvalue weighted by Gasteiger charge is -2.43. The Kier molecular flexibility index (Phi) is 4.42. The topological polar surface area (TPSA) is 29.3 Å². The Morgan fingerprint density at radius 2 is 1.90 bits per heavy atom. The average molecular weight is 272 g/mol. The van der Waals surface area contributed by atoms with Crippen molar-refractivity contribution in [2.24, 2.45) is 5.73 Å². The molecule has 20 heavy (non-hydrogen) atoms. The molecule has 0 saturated carbocycles. The number of hydrogen-bond donors (Lipinski definition) is 1. The molecule has 2 heteroatoms. The zero-order valence-corrected chi connectivity index (χ0v) is 12.7. The van der Waals surface area contributed by atoms with Gasteiger partial charge >= 0.3 is 0 Å². The van der Waals surface area contributed by atoms with Crippen LogP contribution >= 0.6 is 0 Å². The van der Waals surface area contributed by atoms with Gasteiger partial charge < -0.3 is 5.73 Å². The van der Waals surface area contributed by atoms with E-state index >= 15 is 0 Å². The molecule has 0 spiro atoms. The van der Waals surface area contributed by atoms with Gasteiger partial charge in [0.1, 0.15) is 0 Å². The molecular weight excluding hydrogens is 244 g/mol. The van der Waals surface area contributed by atoms with Crippen LogP contribution in [0, 0.1) is 0 Å². The molecule has 3 unspecified atom stereocenters. The van der Waals surface area contributed by atoms with Crippen LogP contribution in [0.1, 0.15) is 62.6 Å². The van der Waals surface area contributed by atoms with Crippen LogP contribution in [0.5, 0.6) is 0 Å². The average Bonchev–Trinajstić information content (AvgIpc) is 2.69. The molecule has 1 fully saturated rings. The van der Waals surface area contributed by atoms with Crippen molar-refractivity contribution in [2.75, 3.05) is 6.54 Å². The zero-order valence-electron chi connectivity index (χ0n) is 12.7. The van der Waals surface area contributed by atoms with Gasteiger partial charge in [0.25, 0.3) is 0 Å². The van der Waals surface area contributed by atoms with Crippen LogP contribution in [-0.4, -0.2) is 23.5 Å². The fourth-order valence-corrected chi connectivity index (χ4v) is 4.17. The molecule has 0 bridgehead atoms. The number of hydrogen-bond acceptors (Lipinski definition) is 2. The van der Waals surface area contributed by atoms with E-state index in [2.05, 4.69) is 36.1 Å². The van der Waals surface area contributed by atoms with Gasteiger partial charge in [-0.15, -0.1) is 0 Å². The van der Waals surface area contributed by atoms with Gasteiger partial charge in [0, 0.05) is 18.1 Å². The highest BCUT2D eigenvalue weighted by atomic mass is 15.2. The first-order valence-corrected chi connectivity index (χ1v) is 8.36. The molecule has 3 atom stereocenters. The van der Waals surface area contributed by atoms with E-state index in [0.29, 0.717) is 12.1 Å². The molecule has 1 aliphatic carbocycles. The van der Waals surface area contributed by atoms with Crippen molar-refractivity contribution < 1.29 is 0 Å². The van der Waals surface area contributed by atoms with E-state index < -0.39 is 0 Å². The van der Waals surface area contributed by atoms with Gasteiger partial charge in [0.05, 0.1) is 0 Å². The van der Waals surface area contributed by atoms with Gasteiger partial charge in [-0.3, -0.25) is 4.90 Å². The summed E-state index contributed by atoms with van der Waals surface area (Å²) in [5.74, 6) is 0. The molecule has 2 aliphatic rings. The van der Waals surface area contributed by atoms with Crippen LogP contribution < -0.4 is 5.73 Å². The number of rotatable bonds is 2. The lowest BCUT2D eigenvalue weighted by atomic mass is 9.90. The maximum atomic E-state index is 6.28. The van der Waals surface area contributed by atoms with Crippen LogP contribution in [0.25, 0.3) is 0 Å². The Labute approximate surface area is 123 Å². The van der Waals surface area contributed by atoms with Crippen LogP contribution in [-0.2, 0) is 6.42 Å². The van der Waals surface area contributed by atoms with Crippen LogP contribution in [0.3, 0.4) is 0 Å². The number of nitrogens with zero attached hydrogens (tertiary/aromatic N) is 1. The third-order valence-electron chi connectivity index (χ3n) is 5.19. The maximum Gasteiger partial charge on any atom is 0.0354 e. The first kappa shape index (κ1) is 14.1. The van der Waals surface area contributed by atoms with E-state index in [4.69, 9.17) is 5.73 Å². The summed E-state index contributed by atoms with van der Waals surface area (Å²) in [6, 6.07) is 10.6.